The number of hydrogen-bond donors (Lipinski definition) is 3. The average Bonchev–Trinajstić information content (AvgIpc) is 2.16. The van der Waals surface area contributed by atoms with Crippen LogP contribution >= 0.6 is 12.4 Å². The predicted octanol–water partition coefficient (Wildman–Crippen LogP) is 0.996. The van der Waals surface area contributed by atoms with Crippen LogP contribution in [0.1, 0.15) is 40.5 Å². The molecule has 0 spiro atoms. The van der Waals surface area contributed by atoms with Crippen LogP contribution in [-0.4, -0.2) is 23.7 Å². The van der Waals surface area contributed by atoms with Gasteiger partial charge in [0.1, 0.15) is 0 Å². The summed E-state index contributed by atoms with van der Waals surface area (Å²) in [7, 11) is 0. The summed E-state index contributed by atoms with van der Waals surface area (Å²) in [5, 5.41) is 6.33. The molecular formula is C11H24ClN3O. The third-order valence-corrected chi connectivity index (χ3v) is 3.32. The molecule has 96 valence electrons. The smallest absolute Gasteiger partial charge is 0.222 e. The summed E-state index contributed by atoms with van der Waals surface area (Å²) < 4.78 is 0. The zero-order valence-corrected chi connectivity index (χ0v) is 11.4. The minimum atomic E-state index is -0.386. The van der Waals surface area contributed by atoms with Gasteiger partial charge in [0.2, 0.25) is 5.91 Å². The van der Waals surface area contributed by atoms with Crippen molar-refractivity contribution in [2.75, 3.05) is 0 Å². The van der Waals surface area contributed by atoms with Gasteiger partial charge in [-0.2, -0.15) is 0 Å². The quantitative estimate of drug-likeness (QED) is 0.699. The molecule has 16 heavy (non-hydrogen) atoms. The molecular weight excluding hydrogens is 226 g/mol. The van der Waals surface area contributed by atoms with E-state index in [1.807, 2.05) is 13.8 Å². The molecule has 1 rings (SSSR count). The van der Waals surface area contributed by atoms with E-state index in [1.165, 1.54) is 0 Å². The summed E-state index contributed by atoms with van der Waals surface area (Å²) in [6.07, 6.45) is 1.26. The summed E-state index contributed by atoms with van der Waals surface area (Å²) in [5.74, 6) is 0.550. The molecule has 1 aliphatic heterocycles. The van der Waals surface area contributed by atoms with Crippen molar-refractivity contribution >= 4 is 18.3 Å². The van der Waals surface area contributed by atoms with Crippen LogP contribution in [0, 0.1) is 5.92 Å². The lowest BCUT2D eigenvalue weighted by molar-refractivity contribution is -0.125. The molecule has 1 amide bonds. The number of amides is 1. The van der Waals surface area contributed by atoms with E-state index >= 15 is 0 Å². The SMILES string of the molecule is CCC(C)(N)C1NC(=O)CC(C(C)C)N1.Cl. The molecule has 0 aromatic carbocycles. The molecule has 4 nitrogen and oxygen atoms in total. The van der Waals surface area contributed by atoms with E-state index < -0.39 is 0 Å². The van der Waals surface area contributed by atoms with E-state index in [0.29, 0.717) is 12.3 Å². The highest BCUT2D eigenvalue weighted by Gasteiger charge is 2.36. The van der Waals surface area contributed by atoms with Gasteiger partial charge in [0.05, 0.1) is 6.17 Å². The second-order valence-corrected chi connectivity index (χ2v) is 5.08. The largest absolute Gasteiger partial charge is 0.339 e. The molecule has 0 radical (unpaired) electrons. The number of nitrogens with one attached hydrogen (secondary N) is 2. The Kier molecular flexibility index (Phi) is 5.73. The monoisotopic (exact) mass is 249 g/mol. The van der Waals surface area contributed by atoms with E-state index in [-0.39, 0.29) is 36.1 Å². The number of nitrogens with two attached hydrogens (primary N) is 1. The molecule has 0 bridgehead atoms. The van der Waals surface area contributed by atoms with E-state index in [9.17, 15) is 4.79 Å². The van der Waals surface area contributed by atoms with Crippen molar-refractivity contribution in [3.63, 3.8) is 0 Å². The Morgan fingerprint density at radius 3 is 2.56 bits per heavy atom. The fourth-order valence-corrected chi connectivity index (χ4v) is 1.72. The van der Waals surface area contributed by atoms with Crippen LogP contribution in [-0.2, 0) is 4.79 Å². The number of rotatable bonds is 3. The fraction of sp³-hybridized carbons (Fsp3) is 0.909. The van der Waals surface area contributed by atoms with Crippen LogP contribution in [0.3, 0.4) is 0 Å². The number of hydrogen-bond acceptors (Lipinski definition) is 3. The van der Waals surface area contributed by atoms with Gasteiger partial charge in [0.25, 0.3) is 0 Å². The highest BCUT2D eigenvalue weighted by molar-refractivity contribution is 5.85. The van der Waals surface area contributed by atoms with E-state index in [0.717, 1.165) is 6.42 Å². The summed E-state index contributed by atoms with van der Waals surface area (Å²) in [6, 6.07) is 0.234. The van der Waals surface area contributed by atoms with Gasteiger partial charge < -0.3 is 11.1 Å². The van der Waals surface area contributed by atoms with Crippen LogP contribution < -0.4 is 16.4 Å². The third kappa shape index (κ3) is 3.61. The first-order valence-electron chi connectivity index (χ1n) is 5.71. The molecule has 3 unspecified atom stereocenters. The van der Waals surface area contributed by atoms with Gasteiger partial charge in [-0.3, -0.25) is 10.1 Å². The lowest BCUT2D eigenvalue weighted by Gasteiger charge is -2.41. The van der Waals surface area contributed by atoms with Crippen molar-refractivity contribution < 1.29 is 4.79 Å². The van der Waals surface area contributed by atoms with Gasteiger partial charge in [0, 0.05) is 18.0 Å². The maximum Gasteiger partial charge on any atom is 0.222 e. The maximum absolute atomic E-state index is 11.5. The standard InChI is InChI=1S/C11H23N3O.ClH/c1-5-11(4,12)10-13-8(7(2)3)6-9(15)14-10;/h7-8,10,13H,5-6,12H2,1-4H3,(H,14,15);1H. The predicted molar refractivity (Wildman–Crippen MR) is 68.4 cm³/mol. The highest BCUT2D eigenvalue weighted by atomic mass is 35.5. The molecule has 1 fully saturated rings. The lowest BCUT2D eigenvalue weighted by Crippen LogP contribution is -2.69. The number of halogens is 1. The Bertz CT molecular complexity index is 243. The van der Waals surface area contributed by atoms with Crippen LogP contribution in [0.4, 0.5) is 0 Å². The second kappa shape index (κ2) is 5.84. The zero-order valence-electron chi connectivity index (χ0n) is 10.5. The van der Waals surface area contributed by atoms with Crippen molar-refractivity contribution in [2.45, 2.75) is 58.3 Å². The van der Waals surface area contributed by atoms with Crippen molar-refractivity contribution in [2.24, 2.45) is 11.7 Å². The summed E-state index contributed by atoms with van der Waals surface area (Å²) in [5.41, 5.74) is 5.75. The van der Waals surface area contributed by atoms with Crippen molar-refractivity contribution in [3.8, 4) is 0 Å². The van der Waals surface area contributed by atoms with Gasteiger partial charge >= 0.3 is 0 Å². The molecule has 5 heteroatoms. The number of carbonyl (C=O) groups excluding carboxylic acids is 1. The summed E-state index contributed by atoms with van der Waals surface area (Å²) in [4.78, 5) is 11.5. The highest BCUT2D eigenvalue weighted by Crippen LogP contribution is 2.17. The fourth-order valence-electron chi connectivity index (χ4n) is 1.72. The average molecular weight is 250 g/mol. The van der Waals surface area contributed by atoms with E-state index in [4.69, 9.17) is 5.73 Å². The van der Waals surface area contributed by atoms with Crippen molar-refractivity contribution in [1.82, 2.24) is 10.6 Å². The van der Waals surface area contributed by atoms with Gasteiger partial charge in [-0.25, -0.2) is 0 Å². The second-order valence-electron chi connectivity index (χ2n) is 5.08. The molecule has 4 N–H and O–H groups in total. The molecule has 0 aromatic rings. The van der Waals surface area contributed by atoms with Gasteiger partial charge in [-0.15, -0.1) is 12.4 Å². The Labute approximate surface area is 104 Å². The molecule has 1 aliphatic rings. The number of carbonyl (C=O) groups is 1. The van der Waals surface area contributed by atoms with Crippen molar-refractivity contribution in [3.05, 3.63) is 0 Å². The Hall–Kier alpha value is -0.320. The van der Waals surface area contributed by atoms with Gasteiger partial charge in [0.15, 0.2) is 0 Å². The van der Waals surface area contributed by atoms with E-state index in [2.05, 4.69) is 24.5 Å². The van der Waals surface area contributed by atoms with E-state index in [1.54, 1.807) is 0 Å². The minimum Gasteiger partial charge on any atom is -0.339 e. The zero-order chi connectivity index (χ0) is 11.6. The first-order valence-corrected chi connectivity index (χ1v) is 5.71. The first kappa shape index (κ1) is 15.7. The Morgan fingerprint density at radius 2 is 2.12 bits per heavy atom. The molecule has 1 heterocycles. The molecule has 3 atom stereocenters. The molecule has 0 aromatic heterocycles. The Balaban J connectivity index is 0.00000225. The maximum atomic E-state index is 11.5. The van der Waals surface area contributed by atoms with Crippen molar-refractivity contribution in [1.29, 1.82) is 0 Å². The molecule has 1 saturated heterocycles. The normalized spacial score (nSPS) is 29.2. The van der Waals surface area contributed by atoms with Crippen LogP contribution in [0.5, 0.6) is 0 Å². The summed E-state index contributed by atoms with van der Waals surface area (Å²) in [6.45, 7) is 8.24. The van der Waals surface area contributed by atoms with Gasteiger partial charge in [-0.1, -0.05) is 20.8 Å². The summed E-state index contributed by atoms with van der Waals surface area (Å²) >= 11 is 0. The lowest BCUT2D eigenvalue weighted by atomic mass is 9.90. The topological polar surface area (TPSA) is 67.1 Å². The Morgan fingerprint density at radius 1 is 1.56 bits per heavy atom. The van der Waals surface area contributed by atoms with Crippen LogP contribution in [0.15, 0.2) is 0 Å². The van der Waals surface area contributed by atoms with Crippen LogP contribution in [0.25, 0.3) is 0 Å². The first-order chi connectivity index (χ1) is 6.86. The van der Waals surface area contributed by atoms with Gasteiger partial charge in [-0.05, 0) is 19.3 Å². The molecule has 0 saturated carbocycles. The molecule has 0 aliphatic carbocycles. The third-order valence-electron chi connectivity index (χ3n) is 3.32. The van der Waals surface area contributed by atoms with Crippen LogP contribution in [0.2, 0.25) is 0 Å². The minimum absolute atomic E-state index is 0.